The number of benzene rings is 1. The predicted octanol–water partition coefficient (Wildman–Crippen LogP) is 9.70. The second-order valence-electron chi connectivity index (χ2n) is 12.7. The fourth-order valence-corrected chi connectivity index (χ4v) is 6.42. The van der Waals surface area contributed by atoms with Gasteiger partial charge in [0.2, 0.25) is 13.2 Å². The largest absolute Gasteiger partial charge is 0.454 e. The molecule has 1 aromatic rings. The van der Waals surface area contributed by atoms with E-state index in [1.807, 2.05) is 18.7 Å². The summed E-state index contributed by atoms with van der Waals surface area (Å²) >= 11 is 0. The molecule has 5 rings (SSSR count). The van der Waals surface area contributed by atoms with Gasteiger partial charge in [-0.1, -0.05) is 86.6 Å². The number of unbranched alkanes of at least 4 members (excludes halogenated alkanes) is 3. The second-order valence-corrected chi connectivity index (χ2v) is 12.7. The molecule has 1 aromatic carbocycles. The van der Waals surface area contributed by atoms with Gasteiger partial charge in [0.05, 0.1) is 6.10 Å². The van der Waals surface area contributed by atoms with E-state index in [4.69, 9.17) is 14.2 Å². The van der Waals surface area contributed by atoms with Gasteiger partial charge >= 0.3 is 0 Å². The Kier molecular flexibility index (Phi) is 19.8. The number of carbonyl (C=O) groups is 1. The van der Waals surface area contributed by atoms with Crippen molar-refractivity contribution in [1.82, 2.24) is 9.80 Å². The van der Waals surface area contributed by atoms with E-state index in [0.29, 0.717) is 30.8 Å². The molecule has 3 aliphatic heterocycles. The number of carbonyl (C=O) groups excluding carboxylic acids is 1. The number of hydrogen-bond donors (Lipinski definition) is 0. The van der Waals surface area contributed by atoms with Crippen LogP contribution in [0.2, 0.25) is 0 Å². The lowest BCUT2D eigenvalue weighted by molar-refractivity contribution is -0.118. The van der Waals surface area contributed by atoms with E-state index in [-0.39, 0.29) is 0 Å². The van der Waals surface area contributed by atoms with Gasteiger partial charge < -0.3 is 24.0 Å². The first kappa shape index (κ1) is 38.4. The third-order valence-corrected chi connectivity index (χ3v) is 9.57. The Morgan fingerprint density at radius 1 is 0.864 bits per heavy atom. The Hall–Kier alpha value is -1.79. The van der Waals surface area contributed by atoms with E-state index < -0.39 is 0 Å². The number of fused-ring (bicyclic) bond motifs is 1. The van der Waals surface area contributed by atoms with Crippen molar-refractivity contribution in [1.29, 1.82) is 0 Å². The highest BCUT2D eigenvalue weighted by Crippen LogP contribution is 2.49. The third-order valence-electron chi connectivity index (χ3n) is 9.57. The van der Waals surface area contributed by atoms with Crippen molar-refractivity contribution in [3.05, 3.63) is 23.3 Å². The lowest BCUT2D eigenvalue weighted by Gasteiger charge is -2.27. The summed E-state index contributed by atoms with van der Waals surface area (Å²) in [4.78, 5) is 15.0. The molecule has 6 heteroatoms. The van der Waals surface area contributed by atoms with Gasteiger partial charge in [-0.2, -0.15) is 0 Å². The zero-order valence-electron chi connectivity index (χ0n) is 29.7. The minimum absolute atomic E-state index is 0.383. The highest BCUT2D eigenvalue weighted by atomic mass is 16.7. The highest BCUT2D eigenvalue weighted by Gasteiger charge is 2.35. The summed E-state index contributed by atoms with van der Waals surface area (Å²) in [6.07, 6.45) is 18.9. The summed E-state index contributed by atoms with van der Waals surface area (Å²) in [5.41, 5.74) is 2.89. The summed E-state index contributed by atoms with van der Waals surface area (Å²) in [6.45, 7) is 20.5. The molecule has 44 heavy (non-hydrogen) atoms. The maximum atomic E-state index is 10.4. The fourth-order valence-electron chi connectivity index (χ4n) is 6.42. The molecule has 0 aromatic heterocycles. The van der Waals surface area contributed by atoms with Crippen molar-refractivity contribution in [2.75, 3.05) is 39.6 Å². The van der Waals surface area contributed by atoms with Gasteiger partial charge in [-0.05, 0) is 87.8 Å². The van der Waals surface area contributed by atoms with Crippen molar-refractivity contribution in [3.8, 4) is 11.5 Å². The van der Waals surface area contributed by atoms with E-state index >= 15 is 0 Å². The Morgan fingerprint density at radius 3 is 2.09 bits per heavy atom. The molecular weight excluding hydrogens is 548 g/mol. The first-order valence-corrected chi connectivity index (χ1v) is 18.6. The van der Waals surface area contributed by atoms with Gasteiger partial charge in [0.1, 0.15) is 0 Å². The predicted molar refractivity (Wildman–Crippen MR) is 185 cm³/mol. The maximum absolute atomic E-state index is 10.4. The number of hydrogen-bond acceptors (Lipinski definition) is 5. The van der Waals surface area contributed by atoms with Gasteiger partial charge in [0, 0.05) is 37.8 Å². The van der Waals surface area contributed by atoms with E-state index in [1.54, 1.807) is 0 Å². The zero-order chi connectivity index (χ0) is 32.2. The summed E-state index contributed by atoms with van der Waals surface area (Å²) in [5.74, 6) is 3.32. The van der Waals surface area contributed by atoms with Crippen molar-refractivity contribution in [2.24, 2.45) is 0 Å². The van der Waals surface area contributed by atoms with Crippen LogP contribution in [-0.4, -0.2) is 67.9 Å². The topological polar surface area (TPSA) is 51.2 Å². The number of amides is 1. The molecule has 1 aliphatic carbocycles. The van der Waals surface area contributed by atoms with E-state index in [0.717, 1.165) is 69.8 Å². The Morgan fingerprint density at radius 2 is 1.57 bits per heavy atom. The van der Waals surface area contributed by atoms with Crippen molar-refractivity contribution < 1.29 is 19.0 Å². The molecule has 0 spiro atoms. The molecule has 254 valence electrons. The van der Waals surface area contributed by atoms with Crippen LogP contribution in [0.4, 0.5) is 0 Å². The van der Waals surface area contributed by atoms with Crippen LogP contribution >= 0.6 is 0 Å². The normalized spacial score (nSPS) is 22.1. The minimum Gasteiger partial charge on any atom is -0.454 e. The van der Waals surface area contributed by atoms with E-state index in [9.17, 15) is 4.79 Å². The molecule has 3 unspecified atom stereocenters. The van der Waals surface area contributed by atoms with Crippen LogP contribution in [0, 0.1) is 0 Å². The summed E-state index contributed by atoms with van der Waals surface area (Å²) in [5, 5.41) is 0. The van der Waals surface area contributed by atoms with Crippen LogP contribution in [0.1, 0.15) is 161 Å². The molecule has 1 amide bonds. The molecular formula is C38H68N2O4. The number of nitrogens with zero attached hydrogens (tertiary/aromatic N) is 2. The van der Waals surface area contributed by atoms with Crippen molar-refractivity contribution in [2.45, 2.75) is 162 Å². The summed E-state index contributed by atoms with van der Waals surface area (Å²) < 4.78 is 17.5. The van der Waals surface area contributed by atoms with Crippen LogP contribution in [0.3, 0.4) is 0 Å². The lowest BCUT2D eigenvalue weighted by Crippen LogP contribution is -2.30. The van der Waals surface area contributed by atoms with Crippen LogP contribution in [-0.2, 0) is 9.53 Å². The quantitative estimate of drug-likeness (QED) is 0.195. The van der Waals surface area contributed by atoms with Gasteiger partial charge in [0.15, 0.2) is 11.5 Å². The molecule has 3 atom stereocenters. The average molecular weight is 617 g/mol. The molecule has 0 bridgehead atoms. The number of ether oxygens (including phenoxy) is 3. The van der Waals surface area contributed by atoms with Crippen LogP contribution in [0.5, 0.6) is 11.5 Å². The Balaban J connectivity index is 0.000000334. The van der Waals surface area contributed by atoms with Gasteiger partial charge in [-0.25, -0.2) is 0 Å². The van der Waals surface area contributed by atoms with Crippen molar-refractivity contribution >= 4 is 6.41 Å². The van der Waals surface area contributed by atoms with Gasteiger partial charge in [-0.3, -0.25) is 4.79 Å². The van der Waals surface area contributed by atoms with Gasteiger partial charge in [0.25, 0.3) is 0 Å². The highest BCUT2D eigenvalue weighted by molar-refractivity contribution is 5.53. The number of rotatable bonds is 14. The van der Waals surface area contributed by atoms with Crippen LogP contribution in [0.25, 0.3) is 0 Å². The zero-order valence-corrected chi connectivity index (χ0v) is 29.7. The standard InChI is InChI=1S/C23H33NO3.C9H19NO.C4H10.C2H6/c1-2-24-14-18(11-19(24)8-9-20-7-4-10-25-20)17-12-21(16-5-3-6-16)23-22(13-17)26-15-27-23;1-3-5-7-10(9-11)8-6-4-2;1-3-4-2;1-2/h12-13,16,18-20H,2-11,14-15H2,1H3;9H,3-8H2,1-2H3;3-4H2,1-2H3;1-2H3. The lowest BCUT2D eigenvalue weighted by atomic mass is 9.78. The molecule has 4 aliphatic rings. The Labute approximate surface area is 271 Å². The van der Waals surface area contributed by atoms with E-state index in [1.165, 1.54) is 81.9 Å². The number of likely N-dealkylation sites (tertiary alicyclic amines) is 1. The molecule has 0 N–H and O–H groups in total. The third kappa shape index (κ3) is 12.2. The molecule has 0 radical (unpaired) electrons. The molecule has 3 heterocycles. The minimum atomic E-state index is 0.383. The summed E-state index contributed by atoms with van der Waals surface area (Å²) in [6, 6.07) is 5.42. The maximum Gasteiger partial charge on any atom is 0.231 e. The first-order valence-electron chi connectivity index (χ1n) is 18.6. The molecule has 6 nitrogen and oxygen atoms in total. The van der Waals surface area contributed by atoms with Crippen LogP contribution in [0.15, 0.2) is 12.1 Å². The monoisotopic (exact) mass is 617 g/mol. The number of likely N-dealkylation sites (N-methyl/N-ethyl adjacent to an activating group) is 1. The van der Waals surface area contributed by atoms with Crippen LogP contribution < -0.4 is 9.47 Å². The Bertz CT molecular complexity index is 874. The van der Waals surface area contributed by atoms with Crippen molar-refractivity contribution in [3.63, 3.8) is 0 Å². The molecule has 2 saturated heterocycles. The molecule has 1 saturated carbocycles. The average Bonchev–Trinajstić information content (AvgIpc) is 3.82. The van der Waals surface area contributed by atoms with Gasteiger partial charge in [-0.15, -0.1) is 0 Å². The second kappa shape index (κ2) is 22.7. The SMILES string of the molecule is CC.CCCC.CCCCN(C=O)CCCC.CCN1CC(c2cc3c(c(C4CCC4)c2)OCO3)CC1CCC1CCCO1. The fraction of sp³-hybridized carbons (Fsp3) is 0.816. The first-order chi connectivity index (χ1) is 21.6. The molecule has 3 fully saturated rings. The smallest absolute Gasteiger partial charge is 0.231 e. The summed E-state index contributed by atoms with van der Waals surface area (Å²) in [7, 11) is 0. The van der Waals surface area contributed by atoms with E-state index in [2.05, 4.69) is 51.7 Å².